The molecule has 2 N–H and O–H groups in total. The number of hydrogen-bond donors (Lipinski definition) is 2. The van der Waals surface area contributed by atoms with Gasteiger partial charge in [0, 0.05) is 18.1 Å². The van der Waals surface area contributed by atoms with E-state index >= 15 is 0 Å². The van der Waals surface area contributed by atoms with Crippen LogP contribution >= 0.6 is 0 Å². The molecule has 1 aromatic rings. The maximum Gasteiger partial charge on any atom is 0.407 e. The first kappa shape index (κ1) is 17.6. The standard InChI is InChI=1S/C18H28N2O3/c1-12(10-13-6-8-14(22-5)9-7-13)19-15-11-16(15)20-17(21)23-18(2,3)4/h6-9,12,15-16,19H,10-11H2,1-5H3,(H,20,21). The molecule has 5 nitrogen and oxygen atoms in total. The van der Waals surface area contributed by atoms with Crippen molar-refractivity contribution in [2.45, 2.75) is 64.3 Å². The summed E-state index contributed by atoms with van der Waals surface area (Å²) in [5.74, 6) is 0.873. The molecule has 0 saturated heterocycles. The van der Waals surface area contributed by atoms with Crippen molar-refractivity contribution in [2.24, 2.45) is 0 Å². The second-order valence-electron chi connectivity index (χ2n) is 7.21. The number of nitrogens with one attached hydrogen (secondary N) is 2. The Bertz CT molecular complexity index is 522. The summed E-state index contributed by atoms with van der Waals surface area (Å²) in [6, 6.07) is 8.97. The second-order valence-corrected chi connectivity index (χ2v) is 7.21. The Morgan fingerprint density at radius 1 is 1.26 bits per heavy atom. The third-order valence-electron chi connectivity index (χ3n) is 3.69. The van der Waals surface area contributed by atoms with Crippen molar-refractivity contribution in [3.05, 3.63) is 29.8 Å². The lowest BCUT2D eigenvalue weighted by molar-refractivity contribution is 0.0522. The molecule has 3 atom stereocenters. The van der Waals surface area contributed by atoms with Crippen LogP contribution in [0, 0.1) is 0 Å². The molecule has 2 rings (SSSR count). The van der Waals surface area contributed by atoms with Crippen LogP contribution in [0.25, 0.3) is 0 Å². The number of methoxy groups -OCH3 is 1. The highest BCUT2D eigenvalue weighted by Gasteiger charge is 2.39. The average molecular weight is 320 g/mol. The van der Waals surface area contributed by atoms with E-state index in [2.05, 4.69) is 29.7 Å². The van der Waals surface area contributed by atoms with Crippen molar-refractivity contribution < 1.29 is 14.3 Å². The molecule has 3 unspecified atom stereocenters. The van der Waals surface area contributed by atoms with Gasteiger partial charge in [0.25, 0.3) is 0 Å². The van der Waals surface area contributed by atoms with E-state index in [0.29, 0.717) is 12.1 Å². The van der Waals surface area contributed by atoms with Crippen LogP contribution in [0.2, 0.25) is 0 Å². The van der Waals surface area contributed by atoms with E-state index < -0.39 is 5.60 Å². The van der Waals surface area contributed by atoms with Gasteiger partial charge in [-0.2, -0.15) is 0 Å². The van der Waals surface area contributed by atoms with Gasteiger partial charge in [-0.3, -0.25) is 0 Å². The third kappa shape index (κ3) is 6.10. The van der Waals surface area contributed by atoms with Crippen LogP contribution in [0.4, 0.5) is 4.79 Å². The zero-order valence-corrected chi connectivity index (χ0v) is 14.7. The van der Waals surface area contributed by atoms with Crippen LogP contribution in [-0.4, -0.2) is 36.9 Å². The molecule has 1 aliphatic rings. The number of rotatable bonds is 6. The third-order valence-corrected chi connectivity index (χ3v) is 3.69. The van der Waals surface area contributed by atoms with Crippen LogP contribution < -0.4 is 15.4 Å². The Labute approximate surface area is 138 Å². The number of ether oxygens (including phenoxy) is 2. The van der Waals surface area contributed by atoms with Crippen molar-refractivity contribution in [1.82, 2.24) is 10.6 Å². The van der Waals surface area contributed by atoms with Gasteiger partial charge in [-0.15, -0.1) is 0 Å². The van der Waals surface area contributed by atoms with Crippen molar-refractivity contribution in [3.63, 3.8) is 0 Å². The molecule has 1 fully saturated rings. The zero-order valence-electron chi connectivity index (χ0n) is 14.7. The summed E-state index contributed by atoms with van der Waals surface area (Å²) in [5.41, 5.74) is 0.812. The number of benzene rings is 1. The highest BCUT2D eigenvalue weighted by molar-refractivity contribution is 5.68. The predicted molar refractivity (Wildman–Crippen MR) is 90.9 cm³/mol. The maximum absolute atomic E-state index is 11.7. The quantitative estimate of drug-likeness (QED) is 0.846. The molecule has 1 amide bonds. The molecule has 0 radical (unpaired) electrons. The molecule has 23 heavy (non-hydrogen) atoms. The van der Waals surface area contributed by atoms with Gasteiger partial charge in [-0.1, -0.05) is 12.1 Å². The minimum Gasteiger partial charge on any atom is -0.497 e. The fraction of sp³-hybridized carbons (Fsp3) is 0.611. The highest BCUT2D eigenvalue weighted by Crippen LogP contribution is 2.23. The number of carbonyl (C=O) groups excluding carboxylic acids is 1. The first-order valence-electron chi connectivity index (χ1n) is 8.15. The van der Waals surface area contributed by atoms with E-state index in [1.807, 2.05) is 32.9 Å². The smallest absolute Gasteiger partial charge is 0.407 e. The SMILES string of the molecule is COc1ccc(CC(C)NC2CC2NC(=O)OC(C)(C)C)cc1. The number of carbonyl (C=O) groups is 1. The van der Waals surface area contributed by atoms with Crippen molar-refractivity contribution in [2.75, 3.05) is 7.11 Å². The summed E-state index contributed by atoms with van der Waals surface area (Å²) >= 11 is 0. The summed E-state index contributed by atoms with van der Waals surface area (Å²) in [7, 11) is 1.67. The van der Waals surface area contributed by atoms with Crippen LogP contribution in [-0.2, 0) is 11.2 Å². The summed E-state index contributed by atoms with van der Waals surface area (Å²) in [5, 5.41) is 6.45. The van der Waals surface area contributed by atoms with Gasteiger partial charge in [-0.25, -0.2) is 4.79 Å². The molecule has 1 aliphatic carbocycles. The lowest BCUT2D eigenvalue weighted by Gasteiger charge is -2.20. The number of alkyl carbamates (subject to hydrolysis) is 1. The van der Waals surface area contributed by atoms with Gasteiger partial charge in [0.15, 0.2) is 0 Å². The van der Waals surface area contributed by atoms with Gasteiger partial charge in [-0.05, 0) is 58.2 Å². The van der Waals surface area contributed by atoms with Crippen molar-refractivity contribution in [3.8, 4) is 5.75 Å². The Morgan fingerprint density at radius 2 is 1.91 bits per heavy atom. The van der Waals surface area contributed by atoms with Crippen LogP contribution in [0.15, 0.2) is 24.3 Å². The summed E-state index contributed by atoms with van der Waals surface area (Å²) in [6.07, 6.45) is 1.56. The molecule has 0 bridgehead atoms. The zero-order chi connectivity index (χ0) is 17.0. The summed E-state index contributed by atoms with van der Waals surface area (Å²) in [6.45, 7) is 7.76. The van der Waals surface area contributed by atoms with Gasteiger partial charge < -0.3 is 20.1 Å². The normalized spacial score (nSPS) is 21.4. The van der Waals surface area contributed by atoms with Crippen molar-refractivity contribution >= 4 is 6.09 Å². The lowest BCUT2D eigenvalue weighted by Crippen LogP contribution is -2.39. The van der Waals surface area contributed by atoms with E-state index in [4.69, 9.17) is 9.47 Å². The Balaban J connectivity index is 1.70. The van der Waals surface area contributed by atoms with E-state index in [9.17, 15) is 4.79 Å². The molecule has 0 aromatic heterocycles. The fourth-order valence-electron chi connectivity index (χ4n) is 2.54. The molecule has 1 saturated carbocycles. The van der Waals surface area contributed by atoms with Crippen molar-refractivity contribution in [1.29, 1.82) is 0 Å². The molecule has 0 heterocycles. The Morgan fingerprint density at radius 3 is 2.48 bits per heavy atom. The first-order chi connectivity index (χ1) is 10.8. The van der Waals surface area contributed by atoms with Gasteiger partial charge in [0.1, 0.15) is 11.4 Å². The van der Waals surface area contributed by atoms with E-state index in [1.54, 1.807) is 7.11 Å². The monoisotopic (exact) mass is 320 g/mol. The molecular formula is C18H28N2O3. The summed E-state index contributed by atoms with van der Waals surface area (Å²) < 4.78 is 10.4. The number of amides is 1. The van der Waals surface area contributed by atoms with E-state index in [-0.39, 0.29) is 12.1 Å². The van der Waals surface area contributed by atoms with E-state index in [0.717, 1.165) is 18.6 Å². The largest absolute Gasteiger partial charge is 0.497 e. The minimum atomic E-state index is -0.455. The molecule has 0 aliphatic heterocycles. The first-order valence-corrected chi connectivity index (χ1v) is 8.15. The lowest BCUT2D eigenvalue weighted by atomic mass is 10.1. The summed E-state index contributed by atoms with van der Waals surface area (Å²) in [4.78, 5) is 11.7. The topological polar surface area (TPSA) is 59.6 Å². The van der Waals surface area contributed by atoms with Gasteiger partial charge >= 0.3 is 6.09 Å². The van der Waals surface area contributed by atoms with Crippen LogP contribution in [0.5, 0.6) is 5.75 Å². The Kier molecular flexibility index (Phi) is 5.52. The molecule has 128 valence electrons. The van der Waals surface area contributed by atoms with Gasteiger partial charge in [0.05, 0.1) is 7.11 Å². The van der Waals surface area contributed by atoms with Gasteiger partial charge in [0.2, 0.25) is 0 Å². The highest BCUT2D eigenvalue weighted by atomic mass is 16.6. The predicted octanol–water partition coefficient (Wildman–Crippen LogP) is 2.88. The van der Waals surface area contributed by atoms with Crippen LogP contribution in [0.1, 0.15) is 39.7 Å². The molecular weight excluding hydrogens is 292 g/mol. The number of hydrogen-bond acceptors (Lipinski definition) is 4. The fourth-order valence-corrected chi connectivity index (χ4v) is 2.54. The molecule has 0 spiro atoms. The second kappa shape index (κ2) is 7.21. The maximum atomic E-state index is 11.7. The molecule has 5 heteroatoms. The minimum absolute atomic E-state index is 0.170. The van der Waals surface area contributed by atoms with E-state index in [1.165, 1.54) is 5.56 Å². The van der Waals surface area contributed by atoms with Crippen LogP contribution in [0.3, 0.4) is 0 Å². The Hall–Kier alpha value is -1.75. The molecule has 1 aromatic carbocycles. The average Bonchev–Trinajstić information content (AvgIpc) is 3.14.